The summed E-state index contributed by atoms with van der Waals surface area (Å²) in [5.41, 5.74) is 5.20. The van der Waals surface area contributed by atoms with Crippen LogP contribution in [0.2, 0.25) is 0 Å². The molecule has 5 heteroatoms. The second-order valence-corrected chi connectivity index (χ2v) is 11.1. The Bertz CT molecular complexity index is 1520. The normalized spacial score (nSPS) is 11.3. The third-order valence-corrected chi connectivity index (χ3v) is 8.95. The van der Waals surface area contributed by atoms with E-state index in [1.54, 1.807) is 11.3 Å². The van der Waals surface area contributed by atoms with Crippen LogP contribution in [0.15, 0.2) is 109 Å². The molecule has 0 saturated carbocycles. The standard InChI is InChI=1S/C30H20N2S3/c1-3-15-31-25(6-1)22-18-21(19-23(20-22)26-7-2-4-16-32-26)9-10-24-11-12-29(34-24)30-14-13-28(35-30)27-8-5-17-33-27/h1-20H/b10-9+. The molecular weight excluding hydrogens is 485 g/mol. The van der Waals surface area contributed by atoms with Crippen molar-refractivity contribution in [2.24, 2.45) is 0 Å². The zero-order valence-corrected chi connectivity index (χ0v) is 21.1. The number of rotatable bonds is 6. The second-order valence-electron chi connectivity index (χ2n) is 7.95. The molecule has 0 spiro atoms. The van der Waals surface area contributed by atoms with Gasteiger partial charge in [0.1, 0.15) is 0 Å². The van der Waals surface area contributed by atoms with Gasteiger partial charge in [-0.25, -0.2) is 0 Å². The number of pyridine rings is 2. The van der Waals surface area contributed by atoms with Crippen molar-refractivity contribution in [3.63, 3.8) is 0 Å². The molecule has 0 aliphatic rings. The molecule has 6 rings (SSSR count). The minimum Gasteiger partial charge on any atom is -0.256 e. The molecule has 0 fully saturated rings. The predicted molar refractivity (Wildman–Crippen MR) is 153 cm³/mol. The van der Waals surface area contributed by atoms with E-state index in [1.807, 2.05) is 71.5 Å². The summed E-state index contributed by atoms with van der Waals surface area (Å²) in [4.78, 5) is 15.6. The summed E-state index contributed by atoms with van der Waals surface area (Å²) in [5, 5.41) is 2.13. The molecule has 0 amide bonds. The van der Waals surface area contributed by atoms with E-state index in [4.69, 9.17) is 0 Å². The first-order chi connectivity index (χ1) is 17.3. The highest BCUT2D eigenvalue weighted by Crippen LogP contribution is 2.39. The highest BCUT2D eigenvalue weighted by atomic mass is 32.1. The van der Waals surface area contributed by atoms with E-state index in [-0.39, 0.29) is 0 Å². The summed E-state index contributed by atoms with van der Waals surface area (Å²) in [6.45, 7) is 0. The Morgan fingerprint density at radius 3 is 1.83 bits per heavy atom. The van der Waals surface area contributed by atoms with Crippen LogP contribution in [0.4, 0.5) is 0 Å². The fourth-order valence-corrected chi connectivity index (χ4v) is 6.73. The summed E-state index contributed by atoms with van der Waals surface area (Å²) >= 11 is 5.46. The number of hydrogen-bond acceptors (Lipinski definition) is 5. The molecule has 6 aromatic rings. The van der Waals surface area contributed by atoms with E-state index in [2.05, 4.69) is 82.1 Å². The van der Waals surface area contributed by atoms with Gasteiger partial charge in [-0.2, -0.15) is 0 Å². The van der Waals surface area contributed by atoms with Gasteiger partial charge in [0.2, 0.25) is 0 Å². The quantitative estimate of drug-likeness (QED) is 0.226. The molecule has 35 heavy (non-hydrogen) atoms. The molecule has 168 valence electrons. The molecule has 5 heterocycles. The first-order valence-electron chi connectivity index (χ1n) is 11.2. The number of nitrogens with zero attached hydrogens (tertiary/aromatic N) is 2. The van der Waals surface area contributed by atoms with Gasteiger partial charge >= 0.3 is 0 Å². The molecule has 0 N–H and O–H groups in total. The Morgan fingerprint density at radius 2 is 1.20 bits per heavy atom. The molecule has 5 aromatic heterocycles. The Labute approximate surface area is 216 Å². The first kappa shape index (κ1) is 21.9. The van der Waals surface area contributed by atoms with Crippen molar-refractivity contribution in [2.45, 2.75) is 0 Å². The van der Waals surface area contributed by atoms with Crippen molar-refractivity contribution in [1.82, 2.24) is 9.97 Å². The van der Waals surface area contributed by atoms with Crippen LogP contribution < -0.4 is 0 Å². The van der Waals surface area contributed by atoms with Gasteiger partial charge in [-0.3, -0.25) is 9.97 Å². The molecule has 0 aliphatic heterocycles. The maximum atomic E-state index is 4.56. The Hall–Kier alpha value is -3.64. The lowest BCUT2D eigenvalue weighted by atomic mass is 10.0. The molecule has 0 saturated heterocycles. The van der Waals surface area contributed by atoms with Crippen LogP contribution in [0.3, 0.4) is 0 Å². The molecule has 1 aromatic carbocycles. The summed E-state index contributed by atoms with van der Waals surface area (Å²) in [6, 6.07) is 31.7. The molecule has 0 bridgehead atoms. The molecule has 0 unspecified atom stereocenters. The fourth-order valence-electron chi connectivity index (χ4n) is 3.89. The van der Waals surface area contributed by atoms with Gasteiger partial charge in [-0.15, -0.1) is 34.0 Å². The van der Waals surface area contributed by atoms with Gasteiger partial charge in [-0.1, -0.05) is 24.3 Å². The lowest BCUT2D eigenvalue weighted by molar-refractivity contribution is 1.31. The molecular formula is C30H20N2S3. The van der Waals surface area contributed by atoms with Crippen LogP contribution in [-0.4, -0.2) is 9.97 Å². The predicted octanol–water partition coefficient (Wildman–Crippen LogP) is 9.50. The van der Waals surface area contributed by atoms with Gasteiger partial charge < -0.3 is 0 Å². The smallest absolute Gasteiger partial charge is 0.0702 e. The SMILES string of the molecule is C(=C\c1ccc(-c2ccc(-c3cccs3)s2)s1)/c1cc(-c2ccccn2)cc(-c2ccccn2)c1. The number of aromatic nitrogens is 2. The summed E-state index contributed by atoms with van der Waals surface area (Å²) in [6.07, 6.45) is 8.04. The summed E-state index contributed by atoms with van der Waals surface area (Å²) in [7, 11) is 0. The highest BCUT2D eigenvalue weighted by Gasteiger charge is 2.09. The van der Waals surface area contributed by atoms with E-state index in [0.29, 0.717) is 0 Å². The van der Waals surface area contributed by atoms with Crippen LogP contribution >= 0.6 is 34.0 Å². The number of thiophene rings is 3. The monoisotopic (exact) mass is 504 g/mol. The number of benzene rings is 1. The van der Waals surface area contributed by atoms with E-state index >= 15 is 0 Å². The van der Waals surface area contributed by atoms with E-state index < -0.39 is 0 Å². The Kier molecular flexibility index (Phi) is 6.20. The lowest BCUT2D eigenvalue weighted by Gasteiger charge is -2.07. The zero-order chi connectivity index (χ0) is 23.5. The lowest BCUT2D eigenvalue weighted by Crippen LogP contribution is -1.88. The van der Waals surface area contributed by atoms with Gasteiger partial charge in [0.25, 0.3) is 0 Å². The van der Waals surface area contributed by atoms with Gasteiger partial charge in [-0.05, 0) is 89.8 Å². The Morgan fingerprint density at radius 1 is 0.543 bits per heavy atom. The van der Waals surface area contributed by atoms with Crippen molar-refractivity contribution in [1.29, 1.82) is 0 Å². The van der Waals surface area contributed by atoms with Gasteiger partial charge in [0.15, 0.2) is 0 Å². The molecule has 0 radical (unpaired) electrons. The van der Waals surface area contributed by atoms with Crippen LogP contribution in [-0.2, 0) is 0 Å². The van der Waals surface area contributed by atoms with Crippen LogP contribution in [0.25, 0.3) is 54.2 Å². The molecule has 2 nitrogen and oxygen atoms in total. The first-order valence-corrected chi connectivity index (χ1v) is 13.7. The minimum atomic E-state index is 0.956. The van der Waals surface area contributed by atoms with Crippen LogP contribution in [0.1, 0.15) is 10.4 Å². The summed E-state index contributed by atoms with van der Waals surface area (Å²) in [5.74, 6) is 0. The van der Waals surface area contributed by atoms with Crippen molar-refractivity contribution < 1.29 is 0 Å². The zero-order valence-electron chi connectivity index (χ0n) is 18.7. The maximum Gasteiger partial charge on any atom is 0.0702 e. The number of hydrogen-bond donors (Lipinski definition) is 0. The van der Waals surface area contributed by atoms with E-state index in [0.717, 1.165) is 28.1 Å². The molecule has 0 aliphatic carbocycles. The average molecular weight is 505 g/mol. The van der Waals surface area contributed by atoms with Crippen molar-refractivity contribution in [2.75, 3.05) is 0 Å². The van der Waals surface area contributed by atoms with Crippen molar-refractivity contribution in [3.05, 3.63) is 119 Å². The van der Waals surface area contributed by atoms with Crippen LogP contribution in [0, 0.1) is 0 Å². The maximum absolute atomic E-state index is 4.56. The average Bonchev–Trinajstić information content (AvgIpc) is 3.70. The Balaban J connectivity index is 1.30. The minimum absolute atomic E-state index is 0.956. The summed E-state index contributed by atoms with van der Waals surface area (Å²) < 4.78 is 0. The van der Waals surface area contributed by atoms with E-state index in [1.165, 1.54) is 24.4 Å². The third-order valence-electron chi connectivity index (χ3n) is 5.56. The topological polar surface area (TPSA) is 25.8 Å². The van der Waals surface area contributed by atoms with Crippen molar-refractivity contribution in [3.8, 4) is 42.0 Å². The van der Waals surface area contributed by atoms with Gasteiger partial charge in [0, 0.05) is 47.9 Å². The van der Waals surface area contributed by atoms with Gasteiger partial charge in [0.05, 0.1) is 11.4 Å². The fraction of sp³-hybridized carbons (Fsp3) is 0. The second kappa shape index (κ2) is 9.92. The highest BCUT2D eigenvalue weighted by molar-refractivity contribution is 7.26. The van der Waals surface area contributed by atoms with Crippen LogP contribution in [0.5, 0.6) is 0 Å². The third kappa shape index (κ3) is 4.93. The molecule has 0 atom stereocenters. The van der Waals surface area contributed by atoms with E-state index in [9.17, 15) is 0 Å². The van der Waals surface area contributed by atoms with Crippen molar-refractivity contribution >= 4 is 46.2 Å². The largest absolute Gasteiger partial charge is 0.256 e.